The third-order valence-electron chi connectivity index (χ3n) is 8.61. The maximum absolute atomic E-state index is 11.7. The van der Waals surface area contributed by atoms with Gasteiger partial charge in [0.25, 0.3) is 0 Å². The van der Waals surface area contributed by atoms with Crippen LogP contribution in [-0.4, -0.2) is 20.9 Å². The van der Waals surface area contributed by atoms with Crippen LogP contribution in [0.5, 0.6) is 0 Å². The van der Waals surface area contributed by atoms with Gasteiger partial charge in [-0.15, -0.1) is 34.9 Å². The molecule has 1 radical (unpaired) electrons. The first-order valence-corrected chi connectivity index (χ1v) is 16.7. The summed E-state index contributed by atoms with van der Waals surface area (Å²) in [5.74, 6) is 0.547. The molecule has 6 nitrogen and oxygen atoms in total. The number of hydrogen-bond donors (Lipinski definition) is 1. The summed E-state index contributed by atoms with van der Waals surface area (Å²) in [6.07, 6.45) is 6.65. The van der Waals surface area contributed by atoms with Gasteiger partial charge in [0.15, 0.2) is 5.78 Å². The number of carbonyl (C=O) groups excluding carboxylic acids is 1. The number of nitrogens with zero attached hydrogens (tertiary/aromatic N) is 4. The normalized spacial score (nSPS) is 10.9. The predicted octanol–water partition coefficient (Wildman–Crippen LogP) is 11.1. The molecule has 4 rings (SSSR count). The SMILES string of the molecule is CCC(CC)C(=O)/C=C(\O)C(CC)CC.[C-]#[N+]c1cc(-c2cnc(-c3[c-]c(C)cc(C)c3)c(-c3cc(C)cc(C)c3)n2)c(C)cc1C#N.[Ir]. The zero-order valence-corrected chi connectivity index (χ0v) is 32.6. The van der Waals surface area contributed by atoms with Gasteiger partial charge in [0.1, 0.15) is 0 Å². The summed E-state index contributed by atoms with van der Waals surface area (Å²) < 4.78 is 0. The van der Waals surface area contributed by atoms with E-state index in [2.05, 4.69) is 68.1 Å². The Labute approximate surface area is 306 Å². The van der Waals surface area contributed by atoms with Crippen molar-refractivity contribution in [2.45, 2.75) is 88.0 Å². The second kappa shape index (κ2) is 18.9. The maximum atomic E-state index is 11.7. The molecular formula is C42H47IrN4O2-. The zero-order valence-electron chi connectivity index (χ0n) is 30.2. The van der Waals surface area contributed by atoms with Crippen LogP contribution in [0.4, 0.5) is 5.69 Å². The van der Waals surface area contributed by atoms with E-state index in [0.29, 0.717) is 16.9 Å². The van der Waals surface area contributed by atoms with Gasteiger partial charge in [0.05, 0.1) is 35.4 Å². The molecule has 0 fully saturated rings. The minimum absolute atomic E-state index is 0. The topological polar surface area (TPSA) is 91.2 Å². The second-order valence-electron chi connectivity index (χ2n) is 12.5. The van der Waals surface area contributed by atoms with Crippen LogP contribution in [0.3, 0.4) is 0 Å². The van der Waals surface area contributed by atoms with Crippen molar-refractivity contribution in [1.82, 2.24) is 9.97 Å². The zero-order chi connectivity index (χ0) is 35.5. The predicted molar refractivity (Wildman–Crippen MR) is 196 cm³/mol. The van der Waals surface area contributed by atoms with Gasteiger partial charge in [-0.05, 0) is 69.2 Å². The molecule has 3 aromatic carbocycles. The first kappa shape index (κ1) is 40.8. The molecule has 0 aliphatic heterocycles. The summed E-state index contributed by atoms with van der Waals surface area (Å²) in [4.78, 5) is 25.1. The van der Waals surface area contributed by atoms with Crippen LogP contribution in [0.15, 0.2) is 60.5 Å². The number of aromatic nitrogens is 2. The molecule has 0 unspecified atom stereocenters. The molecule has 1 N–H and O–H groups in total. The first-order valence-electron chi connectivity index (χ1n) is 16.7. The van der Waals surface area contributed by atoms with Crippen LogP contribution in [0, 0.1) is 70.4 Å². The van der Waals surface area contributed by atoms with E-state index in [1.807, 2.05) is 41.5 Å². The molecule has 0 saturated carbocycles. The standard InChI is InChI=1S/C29H23N4.C13H24O2.Ir/c1-17-7-18(2)10-22(9-17)28-29(23-11-19(3)8-20(4)12-23)33-27(16-32-28)25-14-26(31-6)24(15-30)13-21(25)5;1-5-10(6-2)12(14)9-13(15)11(7-3)8-4;/h7-9,11-14,16H,1-5H3;9-11,14H,5-8H2,1-4H3;/q-1;;/b;12-9-;. The molecule has 1 aromatic heterocycles. The van der Waals surface area contributed by atoms with Crippen LogP contribution >= 0.6 is 0 Å². The second-order valence-corrected chi connectivity index (χ2v) is 12.5. The van der Waals surface area contributed by atoms with Gasteiger partial charge < -0.3 is 10.1 Å². The molecule has 4 aromatic rings. The fourth-order valence-electron chi connectivity index (χ4n) is 5.99. The minimum Gasteiger partial charge on any atom is -0.512 e. The third-order valence-corrected chi connectivity index (χ3v) is 8.61. The van der Waals surface area contributed by atoms with Gasteiger partial charge in [0.2, 0.25) is 5.69 Å². The molecule has 0 aliphatic carbocycles. The fourth-order valence-corrected chi connectivity index (χ4v) is 5.99. The smallest absolute Gasteiger partial charge is 0.205 e. The van der Waals surface area contributed by atoms with Gasteiger partial charge in [0, 0.05) is 49.9 Å². The molecule has 0 spiro atoms. The molecule has 1 heterocycles. The van der Waals surface area contributed by atoms with E-state index in [1.165, 1.54) is 6.08 Å². The van der Waals surface area contributed by atoms with Gasteiger partial charge in [-0.1, -0.05) is 76.9 Å². The van der Waals surface area contributed by atoms with Crippen molar-refractivity contribution >= 4 is 11.5 Å². The minimum atomic E-state index is 0. The van der Waals surface area contributed by atoms with E-state index in [1.54, 1.807) is 18.3 Å². The number of hydrogen-bond acceptors (Lipinski definition) is 5. The number of nitriles is 1. The van der Waals surface area contributed by atoms with Crippen molar-refractivity contribution in [1.29, 1.82) is 5.26 Å². The Hall–Kier alpha value is -4.42. The molecule has 0 aliphatic rings. The summed E-state index contributed by atoms with van der Waals surface area (Å²) in [7, 11) is 0. The quantitative estimate of drug-likeness (QED) is 0.0976. The number of aryl methyl sites for hydroxylation is 5. The number of ketones is 1. The largest absolute Gasteiger partial charge is 0.512 e. The molecule has 7 heteroatoms. The number of aliphatic hydroxyl groups is 1. The van der Waals surface area contributed by atoms with Crippen LogP contribution in [0.2, 0.25) is 0 Å². The maximum Gasteiger partial charge on any atom is 0.205 e. The Morgan fingerprint density at radius 2 is 1.49 bits per heavy atom. The monoisotopic (exact) mass is 832 g/mol. The summed E-state index contributed by atoms with van der Waals surface area (Å²) >= 11 is 0. The molecular weight excluding hydrogens is 785 g/mol. The van der Waals surface area contributed by atoms with Gasteiger partial charge in [-0.2, -0.15) is 5.26 Å². The van der Waals surface area contributed by atoms with Gasteiger partial charge in [-0.3, -0.25) is 9.78 Å². The van der Waals surface area contributed by atoms with E-state index in [9.17, 15) is 15.2 Å². The molecule has 0 atom stereocenters. The van der Waals surface area contributed by atoms with Crippen molar-refractivity contribution in [2.75, 3.05) is 0 Å². The number of allylic oxidation sites excluding steroid dienone is 2. The average molecular weight is 832 g/mol. The van der Waals surface area contributed by atoms with Crippen LogP contribution in [0.25, 0.3) is 38.6 Å². The molecule has 0 bridgehead atoms. The van der Waals surface area contributed by atoms with E-state index in [4.69, 9.17) is 16.5 Å². The Kier molecular flexibility index (Phi) is 15.8. The number of carbonyl (C=O) groups is 1. The van der Waals surface area contributed by atoms with Crippen molar-refractivity contribution in [3.8, 4) is 39.8 Å². The number of rotatable bonds is 10. The molecule has 0 saturated heterocycles. The molecule has 0 amide bonds. The Morgan fingerprint density at radius 1 is 0.898 bits per heavy atom. The van der Waals surface area contributed by atoms with Crippen molar-refractivity contribution in [3.05, 3.63) is 111 Å². The van der Waals surface area contributed by atoms with E-state index >= 15 is 0 Å². The van der Waals surface area contributed by atoms with Crippen molar-refractivity contribution in [2.24, 2.45) is 11.8 Å². The molecule has 49 heavy (non-hydrogen) atoms. The Balaban J connectivity index is 0.000000444. The Bertz CT molecular complexity index is 1850. The first-order chi connectivity index (χ1) is 22.9. The average Bonchev–Trinajstić information content (AvgIpc) is 3.05. The summed E-state index contributed by atoms with van der Waals surface area (Å²) in [6.45, 7) is 25.7. The Morgan fingerprint density at radius 3 is 2.02 bits per heavy atom. The van der Waals surface area contributed by atoms with Crippen LogP contribution in [-0.2, 0) is 24.9 Å². The molecule has 257 valence electrons. The van der Waals surface area contributed by atoms with E-state index < -0.39 is 0 Å². The van der Waals surface area contributed by atoms with E-state index in [-0.39, 0.29) is 43.5 Å². The number of benzene rings is 3. The van der Waals surface area contributed by atoms with Crippen LogP contribution < -0.4 is 0 Å². The van der Waals surface area contributed by atoms with Crippen molar-refractivity contribution in [3.63, 3.8) is 0 Å². The van der Waals surface area contributed by atoms with E-state index in [0.717, 1.165) is 81.6 Å². The number of aliphatic hydroxyl groups excluding tert-OH is 1. The van der Waals surface area contributed by atoms with Crippen LogP contribution in [0.1, 0.15) is 86.8 Å². The summed E-state index contributed by atoms with van der Waals surface area (Å²) in [5, 5.41) is 19.1. The van der Waals surface area contributed by atoms with Crippen molar-refractivity contribution < 1.29 is 30.0 Å². The summed E-state index contributed by atoms with van der Waals surface area (Å²) in [6, 6.07) is 19.5. The van der Waals surface area contributed by atoms with Gasteiger partial charge >= 0.3 is 0 Å². The van der Waals surface area contributed by atoms with Gasteiger partial charge in [-0.25, -0.2) is 4.85 Å². The fraction of sp³-hybridized carbons (Fsp3) is 0.357. The third kappa shape index (κ3) is 10.5. The summed E-state index contributed by atoms with van der Waals surface area (Å²) in [5.41, 5.74) is 11.0.